The van der Waals surface area contributed by atoms with Crippen molar-refractivity contribution >= 4 is 23.3 Å². The van der Waals surface area contributed by atoms with Gasteiger partial charge in [0, 0.05) is 17.1 Å². The Morgan fingerprint density at radius 1 is 0.944 bits per heavy atom. The van der Waals surface area contributed by atoms with E-state index in [9.17, 15) is 0 Å². The smallest absolute Gasteiger partial charge is 0.204 e. The van der Waals surface area contributed by atoms with Crippen LogP contribution in [0.15, 0.2) is 18.2 Å². The molecule has 98 valence electrons. The highest BCUT2D eigenvalue weighted by Gasteiger charge is 2.16. The number of benzene rings is 1. The molecule has 18 heavy (non-hydrogen) atoms. The van der Waals surface area contributed by atoms with Gasteiger partial charge in [0.05, 0.1) is 26.8 Å². The topological polar surface area (TPSA) is 40.6 Å². The Morgan fingerprint density at radius 3 is 2.17 bits per heavy atom. The summed E-state index contributed by atoms with van der Waals surface area (Å²) in [6.07, 6.45) is 0. The molecule has 0 spiro atoms. The molecule has 0 radical (unpaired) electrons. The fourth-order valence-corrected chi connectivity index (χ4v) is 1.85. The quantitative estimate of drug-likeness (QED) is 0.859. The van der Waals surface area contributed by atoms with E-state index in [-0.39, 0.29) is 12.4 Å². The van der Waals surface area contributed by atoms with E-state index in [1.807, 2.05) is 25.1 Å². The van der Waals surface area contributed by atoms with E-state index in [0.29, 0.717) is 17.2 Å². The molecule has 0 N–H and O–H groups in total. The van der Waals surface area contributed by atoms with Crippen LogP contribution in [0.3, 0.4) is 0 Å². The monoisotopic (exact) mass is 269 g/mol. The van der Waals surface area contributed by atoms with E-state index in [4.69, 9.17) is 14.2 Å². The minimum absolute atomic E-state index is 0. The summed E-state index contributed by atoms with van der Waals surface area (Å²) in [5.41, 5.74) is 1.78. The first-order chi connectivity index (χ1) is 8.21. The van der Waals surface area contributed by atoms with E-state index in [1.165, 1.54) is 0 Å². The van der Waals surface area contributed by atoms with Crippen LogP contribution < -0.4 is 14.2 Å². The predicted octanol–water partition coefficient (Wildman–Crippen LogP) is 2.99. The first kappa shape index (κ1) is 14.4. The summed E-state index contributed by atoms with van der Waals surface area (Å²) in [6, 6.07) is 5.76. The van der Waals surface area contributed by atoms with Gasteiger partial charge in [0.25, 0.3) is 0 Å². The van der Waals surface area contributed by atoms with Crippen molar-refractivity contribution < 1.29 is 14.2 Å². The molecule has 0 fully saturated rings. The summed E-state index contributed by atoms with van der Waals surface area (Å²) in [7, 11) is 4.79. The lowest BCUT2D eigenvalue weighted by molar-refractivity contribution is 0.327. The van der Waals surface area contributed by atoms with Crippen LogP contribution in [-0.4, -0.2) is 26.3 Å². The number of fused-ring (bicyclic) bond motifs is 1. The fourth-order valence-electron chi connectivity index (χ4n) is 1.85. The normalized spacial score (nSPS) is 9.78. The first-order valence-electron chi connectivity index (χ1n) is 5.27. The van der Waals surface area contributed by atoms with Crippen molar-refractivity contribution in [3.8, 4) is 17.2 Å². The van der Waals surface area contributed by atoms with E-state index in [1.54, 1.807) is 21.3 Å². The Hall–Kier alpha value is -1.68. The van der Waals surface area contributed by atoms with Crippen molar-refractivity contribution in [3.05, 3.63) is 23.9 Å². The number of halogens is 1. The van der Waals surface area contributed by atoms with Crippen molar-refractivity contribution in [1.82, 2.24) is 4.98 Å². The van der Waals surface area contributed by atoms with Gasteiger partial charge in [0.2, 0.25) is 5.75 Å². The second-order valence-electron chi connectivity index (χ2n) is 3.66. The molecule has 1 aromatic heterocycles. The van der Waals surface area contributed by atoms with Crippen LogP contribution in [0, 0.1) is 6.92 Å². The van der Waals surface area contributed by atoms with Crippen molar-refractivity contribution in [2.75, 3.05) is 21.3 Å². The Bertz CT molecular complexity index is 557. The highest BCUT2D eigenvalue weighted by molar-refractivity contribution is 5.90. The van der Waals surface area contributed by atoms with Gasteiger partial charge in [-0.15, -0.1) is 12.4 Å². The Labute approximate surface area is 112 Å². The van der Waals surface area contributed by atoms with Crippen LogP contribution in [-0.2, 0) is 0 Å². The SMILES string of the molecule is COc1cc2nc(C)ccc2c(OC)c1OC.Cl. The molecule has 5 heteroatoms. The molecule has 0 aliphatic rings. The molecule has 0 unspecified atom stereocenters. The van der Waals surface area contributed by atoms with Gasteiger partial charge < -0.3 is 14.2 Å². The summed E-state index contributed by atoms with van der Waals surface area (Å²) in [4.78, 5) is 4.45. The molecular weight excluding hydrogens is 254 g/mol. The Balaban J connectivity index is 0.00000162. The third-order valence-corrected chi connectivity index (χ3v) is 2.63. The van der Waals surface area contributed by atoms with E-state index in [0.717, 1.165) is 16.6 Å². The van der Waals surface area contributed by atoms with Gasteiger partial charge in [-0.05, 0) is 19.1 Å². The molecule has 0 saturated carbocycles. The number of ether oxygens (including phenoxy) is 3. The first-order valence-corrected chi connectivity index (χ1v) is 5.27. The van der Waals surface area contributed by atoms with Gasteiger partial charge in [-0.2, -0.15) is 0 Å². The summed E-state index contributed by atoms with van der Waals surface area (Å²) in [6.45, 7) is 1.95. The lowest BCUT2D eigenvalue weighted by Gasteiger charge is -2.14. The van der Waals surface area contributed by atoms with Crippen molar-refractivity contribution in [2.45, 2.75) is 6.92 Å². The number of hydrogen-bond acceptors (Lipinski definition) is 4. The van der Waals surface area contributed by atoms with Crippen LogP contribution in [0.1, 0.15) is 5.69 Å². The molecule has 4 nitrogen and oxygen atoms in total. The number of rotatable bonds is 3. The number of pyridine rings is 1. The molecule has 0 amide bonds. The number of nitrogens with zero attached hydrogens (tertiary/aromatic N) is 1. The average Bonchev–Trinajstić information content (AvgIpc) is 2.35. The summed E-state index contributed by atoms with van der Waals surface area (Å²) >= 11 is 0. The summed E-state index contributed by atoms with van der Waals surface area (Å²) < 4.78 is 16.0. The van der Waals surface area contributed by atoms with Crippen LogP contribution in [0.25, 0.3) is 10.9 Å². The summed E-state index contributed by atoms with van der Waals surface area (Å²) in [5, 5.41) is 0.913. The largest absolute Gasteiger partial charge is 0.493 e. The molecule has 2 rings (SSSR count). The second kappa shape index (κ2) is 5.78. The van der Waals surface area contributed by atoms with Gasteiger partial charge in [-0.3, -0.25) is 4.98 Å². The van der Waals surface area contributed by atoms with E-state index < -0.39 is 0 Å². The maximum absolute atomic E-state index is 5.39. The minimum Gasteiger partial charge on any atom is -0.493 e. The molecule has 0 saturated heterocycles. The third-order valence-electron chi connectivity index (χ3n) is 2.63. The maximum atomic E-state index is 5.39. The minimum atomic E-state index is 0. The molecule has 0 atom stereocenters. The van der Waals surface area contributed by atoms with Gasteiger partial charge in [0.1, 0.15) is 0 Å². The molecule has 0 aliphatic heterocycles. The average molecular weight is 270 g/mol. The number of aryl methyl sites for hydroxylation is 1. The number of aromatic nitrogens is 1. The Kier molecular flexibility index (Phi) is 4.62. The molecular formula is C13H16ClNO3. The van der Waals surface area contributed by atoms with Gasteiger partial charge in [-0.25, -0.2) is 0 Å². The van der Waals surface area contributed by atoms with Crippen LogP contribution in [0.5, 0.6) is 17.2 Å². The zero-order chi connectivity index (χ0) is 12.4. The fraction of sp³-hybridized carbons (Fsp3) is 0.308. The van der Waals surface area contributed by atoms with E-state index in [2.05, 4.69) is 4.98 Å². The Morgan fingerprint density at radius 2 is 1.61 bits per heavy atom. The van der Waals surface area contributed by atoms with E-state index >= 15 is 0 Å². The zero-order valence-corrected chi connectivity index (χ0v) is 11.6. The molecule has 2 aromatic rings. The lowest BCUT2D eigenvalue weighted by Crippen LogP contribution is -1.97. The van der Waals surface area contributed by atoms with Crippen molar-refractivity contribution in [2.24, 2.45) is 0 Å². The van der Waals surface area contributed by atoms with Gasteiger partial charge in [-0.1, -0.05) is 0 Å². The number of methoxy groups -OCH3 is 3. The standard InChI is InChI=1S/C13H15NO3.ClH/c1-8-5-6-9-10(14-8)7-11(15-2)13(17-4)12(9)16-3;/h5-7H,1-4H3;1H. The van der Waals surface area contributed by atoms with Crippen LogP contribution >= 0.6 is 12.4 Å². The van der Waals surface area contributed by atoms with Crippen molar-refractivity contribution in [1.29, 1.82) is 0 Å². The molecule has 0 bridgehead atoms. The molecule has 1 aromatic carbocycles. The van der Waals surface area contributed by atoms with Crippen molar-refractivity contribution in [3.63, 3.8) is 0 Å². The molecule has 0 aliphatic carbocycles. The highest BCUT2D eigenvalue weighted by atomic mass is 35.5. The highest BCUT2D eigenvalue weighted by Crippen LogP contribution is 2.42. The third kappa shape index (κ3) is 2.29. The second-order valence-corrected chi connectivity index (χ2v) is 3.66. The maximum Gasteiger partial charge on any atom is 0.204 e. The molecule has 1 heterocycles. The predicted molar refractivity (Wildman–Crippen MR) is 73.4 cm³/mol. The van der Waals surface area contributed by atoms with Gasteiger partial charge >= 0.3 is 0 Å². The number of hydrogen-bond donors (Lipinski definition) is 0. The lowest BCUT2D eigenvalue weighted by atomic mass is 10.1. The van der Waals surface area contributed by atoms with Crippen LogP contribution in [0.4, 0.5) is 0 Å². The summed E-state index contributed by atoms with van der Waals surface area (Å²) in [5.74, 6) is 1.86. The van der Waals surface area contributed by atoms with Crippen LogP contribution in [0.2, 0.25) is 0 Å². The van der Waals surface area contributed by atoms with Gasteiger partial charge in [0.15, 0.2) is 11.5 Å². The zero-order valence-electron chi connectivity index (χ0n) is 10.8.